The molecule has 1 aromatic rings. The molecule has 1 saturated heterocycles. The minimum absolute atomic E-state index is 0.718. The van der Waals surface area contributed by atoms with Crippen LogP contribution in [0.15, 0.2) is 12.1 Å². The number of halogens is 1. The summed E-state index contributed by atoms with van der Waals surface area (Å²) < 4.78 is 5.43. The third kappa shape index (κ3) is 2.90. The number of nitrogens with zero attached hydrogens (tertiary/aromatic N) is 1. The Morgan fingerprint density at radius 3 is 2.89 bits per heavy atom. The minimum Gasteiger partial charge on any atom is -0.495 e. The maximum absolute atomic E-state index is 6.13. The number of aryl methyl sites for hydroxylation is 1. The summed E-state index contributed by atoms with van der Waals surface area (Å²) in [6, 6.07) is 4.00. The smallest absolute Gasteiger partial charge is 0.143 e. The molecule has 3 nitrogen and oxygen atoms in total. The number of benzene rings is 1. The van der Waals surface area contributed by atoms with Gasteiger partial charge >= 0.3 is 0 Å². The van der Waals surface area contributed by atoms with Gasteiger partial charge in [-0.05, 0) is 44.0 Å². The number of rotatable bonds is 4. The molecule has 1 unspecified atom stereocenters. The van der Waals surface area contributed by atoms with Gasteiger partial charge in [0.2, 0.25) is 0 Å². The van der Waals surface area contributed by atoms with Gasteiger partial charge in [0.25, 0.3) is 0 Å². The van der Waals surface area contributed by atoms with Crippen LogP contribution in [-0.2, 0) is 0 Å². The standard InChI is InChI=1S/C14H21ClN2O/c1-10-6-13(14(18-3)7-12(10)15)17(2)9-11-4-5-16-8-11/h6-7,11,16H,4-5,8-9H2,1-3H3. The lowest BCUT2D eigenvalue weighted by Gasteiger charge is -2.25. The highest BCUT2D eigenvalue weighted by Gasteiger charge is 2.18. The second-order valence-electron chi connectivity index (χ2n) is 5.01. The molecule has 1 heterocycles. The normalized spacial score (nSPS) is 19.0. The topological polar surface area (TPSA) is 24.5 Å². The summed E-state index contributed by atoms with van der Waals surface area (Å²) in [5, 5.41) is 4.16. The Labute approximate surface area is 114 Å². The van der Waals surface area contributed by atoms with Crippen molar-refractivity contribution in [3.8, 4) is 5.75 Å². The van der Waals surface area contributed by atoms with Gasteiger partial charge in [-0.15, -0.1) is 0 Å². The molecule has 1 aliphatic rings. The number of ether oxygens (including phenoxy) is 1. The first kappa shape index (κ1) is 13.5. The molecular formula is C14H21ClN2O. The second kappa shape index (κ2) is 5.81. The molecule has 0 radical (unpaired) electrons. The van der Waals surface area contributed by atoms with Crippen molar-refractivity contribution in [1.29, 1.82) is 0 Å². The zero-order valence-electron chi connectivity index (χ0n) is 11.3. The van der Waals surface area contributed by atoms with E-state index in [1.165, 1.54) is 6.42 Å². The summed E-state index contributed by atoms with van der Waals surface area (Å²) >= 11 is 6.13. The van der Waals surface area contributed by atoms with Gasteiger partial charge in [0.05, 0.1) is 12.8 Å². The quantitative estimate of drug-likeness (QED) is 0.909. The Bertz CT molecular complexity index is 417. The van der Waals surface area contributed by atoms with Gasteiger partial charge in [0.1, 0.15) is 5.75 Å². The van der Waals surface area contributed by atoms with E-state index in [4.69, 9.17) is 16.3 Å². The van der Waals surface area contributed by atoms with E-state index in [0.717, 1.165) is 47.6 Å². The lowest BCUT2D eigenvalue weighted by Crippen LogP contribution is -2.27. The highest BCUT2D eigenvalue weighted by atomic mass is 35.5. The highest BCUT2D eigenvalue weighted by molar-refractivity contribution is 6.31. The lowest BCUT2D eigenvalue weighted by atomic mass is 10.1. The van der Waals surface area contributed by atoms with E-state index in [-0.39, 0.29) is 0 Å². The first-order valence-corrected chi connectivity index (χ1v) is 6.75. The summed E-state index contributed by atoms with van der Waals surface area (Å²) in [4.78, 5) is 2.26. The van der Waals surface area contributed by atoms with Crippen molar-refractivity contribution >= 4 is 17.3 Å². The van der Waals surface area contributed by atoms with Crippen LogP contribution in [0.2, 0.25) is 5.02 Å². The van der Waals surface area contributed by atoms with Gasteiger partial charge in [-0.1, -0.05) is 11.6 Å². The van der Waals surface area contributed by atoms with E-state index in [1.54, 1.807) is 7.11 Å². The van der Waals surface area contributed by atoms with Gasteiger partial charge in [0, 0.05) is 24.7 Å². The molecule has 0 aromatic heterocycles. The van der Waals surface area contributed by atoms with Crippen molar-refractivity contribution in [2.45, 2.75) is 13.3 Å². The Morgan fingerprint density at radius 2 is 2.28 bits per heavy atom. The van der Waals surface area contributed by atoms with Crippen LogP contribution >= 0.6 is 11.6 Å². The van der Waals surface area contributed by atoms with E-state index in [1.807, 2.05) is 13.0 Å². The third-order valence-electron chi connectivity index (χ3n) is 3.57. The van der Waals surface area contributed by atoms with Gasteiger partial charge in [0.15, 0.2) is 0 Å². The van der Waals surface area contributed by atoms with E-state index in [9.17, 15) is 0 Å². The van der Waals surface area contributed by atoms with Crippen molar-refractivity contribution in [3.05, 3.63) is 22.7 Å². The zero-order valence-corrected chi connectivity index (χ0v) is 12.0. The molecule has 1 atom stereocenters. The summed E-state index contributed by atoms with van der Waals surface area (Å²) in [7, 11) is 3.80. The SMILES string of the molecule is COc1cc(Cl)c(C)cc1N(C)CC1CCNC1. The molecule has 1 N–H and O–H groups in total. The number of hydrogen-bond acceptors (Lipinski definition) is 3. The minimum atomic E-state index is 0.718. The zero-order chi connectivity index (χ0) is 13.1. The lowest BCUT2D eigenvalue weighted by molar-refractivity contribution is 0.414. The number of hydrogen-bond donors (Lipinski definition) is 1. The Morgan fingerprint density at radius 1 is 1.50 bits per heavy atom. The summed E-state index contributed by atoms with van der Waals surface area (Å²) in [6.45, 7) is 5.31. The number of methoxy groups -OCH3 is 1. The average molecular weight is 269 g/mol. The molecular weight excluding hydrogens is 248 g/mol. The van der Waals surface area contributed by atoms with E-state index < -0.39 is 0 Å². The van der Waals surface area contributed by atoms with Crippen LogP contribution in [0.3, 0.4) is 0 Å². The van der Waals surface area contributed by atoms with Gasteiger partial charge in [-0.2, -0.15) is 0 Å². The molecule has 0 spiro atoms. The fourth-order valence-corrected chi connectivity index (χ4v) is 2.62. The van der Waals surface area contributed by atoms with Crippen LogP contribution in [0, 0.1) is 12.8 Å². The monoisotopic (exact) mass is 268 g/mol. The molecule has 1 aliphatic heterocycles. The molecule has 0 bridgehead atoms. The molecule has 18 heavy (non-hydrogen) atoms. The molecule has 0 amide bonds. The predicted molar refractivity (Wildman–Crippen MR) is 77.0 cm³/mol. The maximum atomic E-state index is 6.13. The fraction of sp³-hybridized carbons (Fsp3) is 0.571. The number of nitrogens with one attached hydrogen (secondary N) is 1. The fourth-order valence-electron chi connectivity index (χ4n) is 2.47. The first-order valence-electron chi connectivity index (χ1n) is 6.37. The molecule has 1 fully saturated rings. The Balaban J connectivity index is 2.17. The van der Waals surface area contributed by atoms with Crippen LogP contribution in [0.4, 0.5) is 5.69 Å². The third-order valence-corrected chi connectivity index (χ3v) is 3.97. The van der Waals surface area contributed by atoms with Gasteiger partial charge in [-0.25, -0.2) is 0 Å². The van der Waals surface area contributed by atoms with Gasteiger partial charge < -0.3 is 15.0 Å². The molecule has 0 saturated carbocycles. The Hall–Kier alpha value is -0.930. The summed E-state index contributed by atoms with van der Waals surface area (Å²) in [5.74, 6) is 1.56. The van der Waals surface area contributed by atoms with Crippen LogP contribution in [0.25, 0.3) is 0 Å². The van der Waals surface area contributed by atoms with Crippen molar-refractivity contribution in [2.75, 3.05) is 38.7 Å². The predicted octanol–water partition coefficient (Wildman–Crippen LogP) is 2.70. The van der Waals surface area contributed by atoms with E-state index >= 15 is 0 Å². The van der Waals surface area contributed by atoms with Gasteiger partial charge in [-0.3, -0.25) is 0 Å². The average Bonchev–Trinajstić information content (AvgIpc) is 2.84. The van der Waals surface area contributed by atoms with E-state index in [2.05, 4.69) is 23.3 Å². The first-order chi connectivity index (χ1) is 8.61. The number of anilines is 1. The van der Waals surface area contributed by atoms with Crippen LogP contribution < -0.4 is 15.0 Å². The van der Waals surface area contributed by atoms with Crippen molar-refractivity contribution in [1.82, 2.24) is 5.32 Å². The second-order valence-corrected chi connectivity index (χ2v) is 5.42. The molecule has 1 aromatic carbocycles. The molecule has 4 heteroatoms. The van der Waals surface area contributed by atoms with Crippen LogP contribution in [-0.4, -0.2) is 33.8 Å². The van der Waals surface area contributed by atoms with E-state index in [0.29, 0.717) is 0 Å². The highest BCUT2D eigenvalue weighted by Crippen LogP contribution is 2.33. The maximum Gasteiger partial charge on any atom is 0.143 e. The molecule has 2 rings (SSSR count). The van der Waals surface area contributed by atoms with Crippen LogP contribution in [0.5, 0.6) is 5.75 Å². The van der Waals surface area contributed by atoms with Crippen molar-refractivity contribution in [2.24, 2.45) is 5.92 Å². The van der Waals surface area contributed by atoms with Crippen molar-refractivity contribution in [3.63, 3.8) is 0 Å². The summed E-state index contributed by atoms with van der Waals surface area (Å²) in [5.41, 5.74) is 2.20. The largest absolute Gasteiger partial charge is 0.495 e. The van der Waals surface area contributed by atoms with Crippen LogP contribution in [0.1, 0.15) is 12.0 Å². The van der Waals surface area contributed by atoms with Crippen molar-refractivity contribution < 1.29 is 4.74 Å². The Kier molecular flexibility index (Phi) is 4.36. The molecule has 0 aliphatic carbocycles. The summed E-state index contributed by atoms with van der Waals surface area (Å²) in [6.07, 6.45) is 1.25. The molecule has 100 valence electrons.